The van der Waals surface area contributed by atoms with Crippen molar-refractivity contribution in [2.75, 3.05) is 0 Å². The molecule has 0 amide bonds. The fraction of sp³-hybridized carbons (Fsp3) is 0.130. The molecule has 0 saturated heterocycles. The van der Waals surface area contributed by atoms with Crippen LogP contribution in [0, 0.1) is 0 Å². The largest absolute Gasteiger partial charge is 0.355 e. The smallest absolute Gasteiger partial charge is 0.0462 e. The zero-order valence-electron chi connectivity index (χ0n) is 14.1. The van der Waals surface area contributed by atoms with E-state index < -0.39 is 0 Å². The molecule has 5 rings (SSSR count). The van der Waals surface area contributed by atoms with Gasteiger partial charge in [-0.15, -0.1) is 11.3 Å². The third-order valence-corrected chi connectivity index (χ3v) is 6.11. The molecule has 0 saturated carbocycles. The summed E-state index contributed by atoms with van der Waals surface area (Å²) >= 11 is 1.82. The number of rotatable bonds is 2. The Balaban J connectivity index is 1.69. The number of fused-ring (bicyclic) bond motifs is 3. The van der Waals surface area contributed by atoms with Gasteiger partial charge in [0.25, 0.3) is 0 Å². The highest BCUT2D eigenvalue weighted by atomic mass is 32.1. The van der Waals surface area contributed by atoms with Crippen LogP contribution >= 0.6 is 11.3 Å². The molecular weight excluding hydrogens is 322 g/mol. The summed E-state index contributed by atoms with van der Waals surface area (Å²) in [6.45, 7) is 2.32. The van der Waals surface area contributed by atoms with Gasteiger partial charge in [-0.1, -0.05) is 49.4 Å². The lowest BCUT2D eigenvalue weighted by atomic mass is 9.90. The predicted octanol–water partition coefficient (Wildman–Crippen LogP) is 7.08. The number of thiophene rings is 1. The number of nitrogens with one attached hydrogen (secondary N) is 1. The van der Waals surface area contributed by atoms with E-state index in [0.717, 1.165) is 6.42 Å². The topological polar surface area (TPSA) is 15.8 Å². The summed E-state index contributed by atoms with van der Waals surface area (Å²) in [5.41, 5.74) is 7.90. The zero-order chi connectivity index (χ0) is 16.8. The van der Waals surface area contributed by atoms with Gasteiger partial charge in [0.15, 0.2) is 0 Å². The summed E-state index contributed by atoms with van der Waals surface area (Å²) in [6.07, 6.45) is 5.63. The van der Waals surface area contributed by atoms with Gasteiger partial charge in [0, 0.05) is 27.0 Å². The molecule has 25 heavy (non-hydrogen) atoms. The van der Waals surface area contributed by atoms with Crippen molar-refractivity contribution in [2.24, 2.45) is 0 Å². The number of aromatic nitrogens is 1. The first-order valence-corrected chi connectivity index (χ1v) is 9.64. The molecule has 122 valence electrons. The number of benzene rings is 2. The van der Waals surface area contributed by atoms with Crippen LogP contribution in [0.3, 0.4) is 0 Å². The molecule has 2 heterocycles. The molecule has 0 fully saturated rings. The number of hydrogen-bond acceptors (Lipinski definition) is 1. The first-order chi connectivity index (χ1) is 12.3. The van der Waals surface area contributed by atoms with Crippen LogP contribution in [0.4, 0.5) is 0 Å². The molecule has 1 atom stereocenters. The van der Waals surface area contributed by atoms with Gasteiger partial charge in [-0.2, -0.15) is 0 Å². The average Bonchev–Trinajstić information content (AvgIpc) is 3.27. The van der Waals surface area contributed by atoms with Gasteiger partial charge in [0.2, 0.25) is 0 Å². The zero-order valence-corrected chi connectivity index (χ0v) is 14.9. The van der Waals surface area contributed by atoms with Crippen molar-refractivity contribution in [3.8, 4) is 21.6 Å². The minimum absolute atomic E-state index is 0.570. The molecule has 4 aromatic rings. The third kappa shape index (κ3) is 2.37. The molecule has 1 N–H and O–H groups in total. The summed E-state index contributed by atoms with van der Waals surface area (Å²) < 4.78 is 0. The van der Waals surface area contributed by atoms with Crippen molar-refractivity contribution in [3.63, 3.8) is 0 Å². The summed E-state index contributed by atoms with van der Waals surface area (Å²) in [7, 11) is 0. The van der Waals surface area contributed by atoms with Crippen LogP contribution in [-0.4, -0.2) is 4.98 Å². The van der Waals surface area contributed by atoms with Crippen LogP contribution in [0.1, 0.15) is 30.5 Å². The Morgan fingerprint density at radius 1 is 1.00 bits per heavy atom. The van der Waals surface area contributed by atoms with Crippen LogP contribution in [0.2, 0.25) is 0 Å². The molecule has 2 aromatic carbocycles. The summed E-state index contributed by atoms with van der Waals surface area (Å²) in [4.78, 5) is 4.93. The molecule has 2 heteroatoms. The minimum Gasteiger partial charge on any atom is -0.355 e. The van der Waals surface area contributed by atoms with Crippen molar-refractivity contribution in [1.82, 2.24) is 4.98 Å². The Bertz CT molecular complexity index is 1080. The second-order valence-corrected chi connectivity index (χ2v) is 7.70. The molecule has 0 spiro atoms. The fourth-order valence-corrected chi connectivity index (χ4v) is 4.84. The Morgan fingerprint density at radius 2 is 1.88 bits per heavy atom. The van der Waals surface area contributed by atoms with Crippen LogP contribution in [0.5, 0.6) is 0 Å². The summed E-state index contributed by atoms with van der Waals surface area (Å²) in [5.74, 6) is 0.570. The van der Waals surface area contributed by atoms with Crippen LogP contribution < -0.4 is 0 Å². The van der Waals surface area contributed by atoms with Gasteiger partial charge in [0.05, 0.1) is 0 Å². The second kappa shape index (κ2) is 5.75. The van der Waals surface area contributed by atoms with E-state index >= 15 is 0 Å². The molecule has 0 bridgehead atoms. The third-order valence-electron chi connectivity index (χ3n) is 5.15. The van der Waals surface area contributed by atoms with Gasteiger partial charge in [-0.25, -0.2) is 0 Å². The molecular formula is C23H19NS. The van der Waals surface area contributed by atoms with Gasteiger partial charge < -0.3 is 4.98 Å². The van der Waals surface area contributed by atoms with E-state index in [4.69, 9.17) is 0 Å². The predicted molar refractivity (Wildman–Crippen MR) is 109 cm³/mol. The molecule has 1 aliphatic rings. The van der Waals surface area contributed by atoms with E-state index in [-0.39, 0.29) is 0 Å². The highest BCUT2D eigenvalue weighted by Gasteiger charge is 2.19. The van der Waals surface area contributed by atoms with Crippen molar-refractivity contribution < 1.29 is 0 Å². The molecule has 1 unspecified atom stereocenters. The van der Waals surface area contributed by atoms with E-state index in [2.05, 4.69) is 84.0 Å². The normalized spacial score (nSPS) is 16.3. The number of hydrogen-bond donors (Lipinski definition) is 1. The van der Waals surface area contributed by atoms with Gasteiger partial charge >= 0.3 is 0 Å². The van der Waals surface area contributed by atoms with E-state index in [1.54, 1.807) is 0 Å². The molecule has 1 nitrogen and oxygen atoms in total. The average molecular weight is 341 g/mol. The highest BCUT2D eigenvalue weighted by molar-refractivity contribution is 7.14. The Hall–Kier alpha value is -2.58. The van der Waals surface area contributed by atoms with Crippen molar-refractivity contribution in [2.45, 2.75) is 19.3 Å². The van der Waals surface area contributed by atoms with Crippen molar-refractivity contribution in [3.05, 3.63) is 77.3 Å². The van der Waals surface area contributed by atoms with Crippen molar-refractivity contribution >= 4 is 28.3 Å². The van der Waals surface area contributed by atoms with E-state index in [1.165, 1.54) is 43.7 Å². The first kappa shape index (κ1) is 14.7. The molecule has 1 aliphatic carbocycles. The van der Waals surface area contributed by atoms with Gasteiger partial charge in [0.1, 0.15) is 0 Å². The SMILES string of the molecule is CC1CC=Cc2[nH]c3ccc(-c4sccc4-c4ccccc4)cc3c21. The monoisotopic (exact) mass is 341 g/mol. The molecule has 0 aliphatic heterocycles. The lowest BCUT2D eigenvalue weighted by Gasteiger charge is -2.14. The highest BCUT2D eigenvalue weighted by Crippen LogP contribution is 2.41. The number of aromatic amines is 1. The van der Waals surface area contributed by atoms with Crippen LogP contribution in [0.15, 0.2) is 66.1 Å². The number of allylic oxidation sites excluding steroid dienone is 1. The van der Waals surface area contributed by atoms with E-state index in [1.807, 2.05) is 11.3 Å². The second-order valence-electron chi connectivity index (χ2n) is 6.78. The van der Waals surface area contributed by atoms with E-state index in [9.17, 15) is 0 Å². The van der Waals surface area contributed by atoms with Crippen LogP contribution in [-0.2, 0) is 0 Å². The van der Waals surface area contributed by atoms with E-state index in [0.29, 0.717) is 5.92 Å². The van der Waals surface area contributed by atoms with Gasteiger partial charge in [-0.3, -0.25) is 0 Å². The summed E-state index contributed by atoms with van der Waals surface area (Å²) in [5, 5.41) is 3.57. The Labute approximate surface area is 151 Å². The standard InChI is InChI=1S/C23H19NS/c1-15-6-5-9-21-22(15)19-14-17(10-11-20(19)24-21)23-18(12-13-25-23)16-7-3-2-4-8-16/h2-5,7-15,24H,6H2,1H3. The lowest BCUT2D eigenvalue weighted by Crippen LogP contribution is -1.97. The minimum atomic E-state index is 0.570. The number of H-pyrrole nitrogens is 1. The maximum absolute atomic E-state index is 3.58. The quantitative estimate of drug-likeness (QED) is 0.401. The van der Waals surface area contributed by atoms with Crippen molar-refractivity contribution in [1.29, 1.82) is 0 Å². The van der Waals surface area contributed by atoms with Gasteiger partial charge in [-0.05, 0) is 58.7 Å². The fourth-order valence-electron chi connectivity index (χ4n) is 3.92. The summed E-state index contributed by atoms with van der Waals surface area (Å²) in [6, 6.07) is 19.8. The molecule has 0 radical (unpaired) electrons. The lowest BCUT2D eigenvalue weighted by molar-refractivity contribution is 0.778. The molecule has 2 aromatic heterocycles. The Kier molecular flexibility index (Phi) is 3.39. The first-order valence-electron chi connectivity index (χ1n) is 8.77. The van der Waals surface area contributed by atoms with Crippen LogP contribution in [0.25, 0.3) is 38.5 Å². The maximum Gasteiger partial charge on any atom is 0.0462 e. The Morgan fingerprint density at radius 3 is 2.76 bits per heavy atom. The maximum atomic E-state index is 3.58.